The minimum absolute atomic E-state index is 0.0733. The van der Waals surface area contributed by atoms with Crippen molar-refractivity contribution in [1.29, 1.82) is 0 Å². The molecule has 1 aliphatic rings. The van der Waals surface area contributed by atoms with Gasteiger partial charge in [-0.3, -0.25) is 4.79 Å². The lowest BCUT2D eigenvalue weighted by atomic mass is 10.1. The molecule has 0 aliphatic carbocycles. The molecule has 2 aromatic carbocycles. The molecule has 1 heterocycles. The zero-order valence-corrected chi connectivity index (χ0v) is 13.0. The Labute approximate surface area is 135 Å². The van der Waals surface area contributed by atoms with Gasteiger partial charge in [-0.25, -0.2) is 0 Å². The number of fused-ring (bicyclic) bond motifs is 1. The summed E-state index contributed by atoms with van der Waals surface area (Å²) in [5.74, 6) is 2.05. The summed E-state index contributed by atoms with van der Waals surface area (Å²) in [5.41, 5.74) is 1.52. The summed E-state index contributed by atoms with van der Waals surface area (Å²) >= 11 is 0. The zero-order chi connectivity index (χ0) is 16.1. The van der Waals surface area contributed by atoms with Crippen LogP contribution in [0.25, 0.3) is 6.08 Å². The molecule has 0 saturated carbocycles. The van der Waals surface area contributed by atoms with Crippen LogP contribution in [-0.4, -0.2) is 25.6 Å². The average molecular weight is 310 g/mol. The molecule has 0 bridgehead atoms. The highest BCUT2D eigenvalue weighted by Crippen LogP contribution is 2.31. The first kappa shape index (κ1) is 15.2. The van der Waals surface area contributed by atoms with Crippen molar-refractivity contribution in [2.45, 2.75) is 6.92 Å². The van der Waals surface area contributed by atoms with Crippen LogP contribution in [0, 0.1) is 0 Å². The molecule has 0 aromatic heterocycles. The molecule has 0 saturated heterocycles. The third-order valence-corrected chi connectivity index (χ3v) is 3.44. The summed E-state index contributed by atoms with van der Waals surface area (Å²) in [6.45, 7) is 3.63. The van der Waals surface area contributed by atoms with E-state index in [9.17, 15) is 4.79 Å². The molecule has 2 aromatic rings. The first-order chi connectivity index (χ1) is 11.3. The molecule has 0 spiro atoms. The number of hydrogen-bond donors (Lipinski definition) is 0. The van der Waals surface area contributed by atoms with Crippen molar-refractivity contribution >= 4 is 11.9 Å². The highest BCUT2D eigenvalue weighted by Gasteiger charge is 2.13. The summed E-state index contributed by atoms with van der Waals surface area (Å²) < 4.78 is 16.3. The number of hydrogen-bond acceptors (Lipinski definition) is 4. The van der Waals surface area contributed by atoms with Gasteiger partial charge < -0.3 is 14.2 Å². The van der Waals surface area contributed by atoms with E-state index >= 15 is 0 Å². The van der Waals surface area contributed by atoms with Crippen molar-refractivity contribution in [3.05, 3.63) is 59.7 Å². The standard InChI is InChI=1S/C19H18O4/c1-2-21-16-7-3-14(4-8-16)5-9-17(20)15-6-10-18-19(13-15)23-12-11-22-18/h3-10,13H,2,11-12H2,1H3/b9-5+. The van der Waals surface area contributed by atoms with Crippen molar-refractivity contribution in [1.82, 2.24) is 0 Å². The fourth-order valence-corrected chi connectivity index (χ4v) is 2.31. The Bertz CT molecular complexity index is 717. The number of rotatable bonds is 5. The fraction of sp³-hybridized carbons (Fsp3) is 0.211. The second kappa shape index (κ2) is 7.01. The summed E-state index contributed by atoms with van der Waals surface area (Å²) in [7, 11) is 0. The van der Waals surface area contributed by atoms with Gasteiger partial charge in [-0.05, 0) is 48.9 Å². The normalized spacial score (nSPS) is 13.1. The predicted molar refractivity (Wildman–Crippen MR) is 88.4 cm³/mol. The molecule has 23 heavy (non-hydrogen) atoms. The molecule has 0 unspecified atom stereocenters. The van der Waals surface area contributed by atoms with Crippen molar-refractivity contribution in [2.24, 2.45) is 0 Å². The molecule has 3 rings (SSSR count). The van der Waals surface area contributed by atoms with Crippen molar-refractivity contribution in [3.8, 4) is 17.2 Å². The minimum atomic E-state index is -0.0733. The third-order valence-electron chi connectivity index (χ3n) is 3.44. The van der Waals surface area contributed by atoms with E-state index in [0.29, 0.717) is 36.9 Å². The lowest BCUT2D eigenvalue weighted by Crippen LogP contribution is -2.15. The maximum absolute atomic E-state index is 12.3. The van der Waals surface area contributed by atoms with Gasteiger partial charge in [0.1, 0.15) is 19.0 Å². The van der Waals surface area contributed by atoms with E-state index in [4.69, 9.17) is 14.2 Å². The molecular formula is C19H18O4. The van der Waals surface area contributed by atoms with Gasteiger partial charge in [0.15, 0.2) is 17.3 Å². The second-order valence-electron chi connectivity index (χ2n) is 5.06. The molecule has 0 atom stereocenters. The summed E-state index contributed by atoms with van der Waals surface area (Å²) in [4.78, 5) is 12.3. The molecule has 0 amide bonds. The van der Waals surface area contributed by atoms with Gasteiger partial charge in [0.25, 0.3) is 0 Å². The van der Waals surface area contributed by atoms with Crippen LogP contribution in [0.1, 0.15) is 22.8 Å². The van der Waals surface area contributed by atoms with Gasteiger partial charge in [0, 0.05) is 5.56 Å². The average Bonchev–Trinajstić information content (AvgIpc) is 2.60. The number of ether oxygens (including phenoxy) is 3. The maximum Gasteiger partial charge on any atom is 0.185 e. The number of carbonyl (C=O) groups excluding carboxylic acids is 1. The Balaban J connectivity index is 1.70. The van der Waals surface area contributed by atoms with Crippen LogP contribution in [0.2, 0.25) is 0 Å². The van der Waals surface area contributed by atoms with E-state index in [1.807, 2.05) is 31.2 Å². The van der Waals surface area contributed by atoms with Crippen molar-refractivity contribution in [2.75, 3.05) is 19.8 Å². The van der Waals surface area contributed by atoms with Crippen molar-refractivity contribution in [3.63, 3.8) is 0 Å². The Hall–Kier alpha value is -2.75. The monoisotopic (exact) mass is 310 g/mol. The zero-order valence-electron chi connectivity index (χ0n) is 13.0. The van der Waals surface area contributed by atoms with E-state index in [1.54, 1.807) is 30.4 Å². The Morgan fingerprint density at radius 2 is 1.83 bits per heavy atom. The van der Waals surface area contributed by atoms with E-state index in [1.165, 1.54) is 0 Å². The summed E-state index contributed by atoms with van der Waals surface area (Å²) in [6.07, 6.45) is 3.34. The number of allylic oxidation sites excluding steroid dienone is 1. The molecular weight excluding hydrogens is 292 g/mol. The summed E-state index contributed by atoms with van der Waals surface area (Å²) in [5, 5.41) is 0. The Morgan fingerprint density at radius 3 is 2.57 bits per heavy atom. The van der Waals surface area contributed by atoms with Gasteiger partial charge in [-0.15, -0.1) is 0 Å². The van der Waals surface area contributed by atoms with Gasteiger partial charge >= 0.3 is 0 Å². The minimum Gasteiger partial charge on any atom is -0.494 e. The van der Waals surface area contributed by atoms with Gasteiger partial charge in [-0.1, -0.05) is 18.2 Å². The molecule has 0 N–H and O–H groups in total. The lowest BCUT2D eigenvalue weighted by Gasteiger charge is -2.18. The van der Waals surface area contributed by atoms with E-state index in [0.717, 1.165) is 11.3 Å². The van der Waals surface area contributed by atoms with Gasteiger partial charge in [0.2, 0.25) is 0 Å². The Morgan fingerprint density at radius 1 is 1.09 bits per heavy atom. The SMILES string of the molecule is CCOc1ccc(/C=C/C(=O)c2ccc3c(c2)OCCO3)cc1. The van der Waals surface area contributed by atoms with Crippen LogP contribution in [0.15, 0.2) is 48.5 Å². The fourth-order valence-electron chi connectivity index (χ4n) is 2.31. The molecule has 0 fully saturated rings. The number of carbonyl (C=O) groups is 1. The molecule has 1 aliphatic heterocycles. The molecule has 4 nitrogen and oxygen atoms in total. The van der Waals surface area contributed by atoms with Crippen LogP contribution in [0.4, 0.5) is 0 Å². The molecule has 118 valence electrons. The number of benzene rings is 2. The Kier molecular flexibility index (Phi) is 4.62. The highest BCUT2D eigenvalue weighted by molar-refractivity contribution is 6.07. The highest BCUT2D eigenvalue weighted by atomic mass is 16.6. The van der Waals surface area contributed by atoms with Crippen LogP contribution >= 0.6 is 0 Å². The van der Waals surface area contributed by atoms with Crippen molar-refractivity contribution < 1.29 is 19.0 Å². The van der Waals surface area contributed by atoms with Gasteiger partial charge in [0.05, 0.1) is 6.61 Å². The maximum atomic E-state index is 12.3. The topological polar surface area (TPSA) is 44.8 Å². The van der Waals surface area contributed by atoms with Crippen LogP contribution in [-0.2, 0) is 0 Å². The van der Waals surface area contributed by atoms with Crippen LogP contribution < -0.4 is 14.2 Å². The molecule has 4 heteroatoms. The number of ketones is 1. The predicted octanol–water partition coefficient (Wildman–Crippen LogP) is 3.75. The van der Waals surface area contributed by atoms with Crippen LogP contribution in [0.3, 0.4) is 0 Å². The summed E-state index contributed by atoms with van der Waals surface area (Å²) in [6, 6.07) is 12.8. The van der Waals surface area contributed by atoms with Gasteiger partial charge in [-0.2, -0.15) is 0 Å². The second-order valence-corrected chi connectivity index (χ2v) is 5.06. The first-order valence-electron chi connectivity index (χ1n) is 7.61. The smallest absolute Gasteiger partial charge is 0.185 e. The third kappa shape index (κ3) is 3.72. The van der Waals surface area contributed by atoms with E-state index < -0.39 is 0 Å². The van der Waals surface area contributed by atoms with E-state index in [2.05, 4.69) is 0 Å². The van der Waals surface area contributed by atoms with E-state index in [-0.39, 0.29) is 5.78 Å². The largest absolute Gasteiger partial charge is 0.494 e. The quantitative estimate of drug-likeness (QED) is 0.623. The lowest BCUT2D eigenvalue weighted by molar-refractivity contribution is 0.104. The molecule has 0 radical (unpaired) electrons. The first-order valence-corrected chi connectivity index (χ1v) is 7.61. The van der Waals surface area contributed by atoms with Crippen LogP contribution in [0.5, 0.6) is 17.2 Å².